The number of hydrogen-bond donors (Lipinski definition) is 2. The van der Waals surface area contributed by atoms with Crippen LogP contribution in [0.4, 0.5) is 0 Å². The Kier molecular flexibility index (Phi) is 4.53. The lowest BCUT2D eigenvalue weighted by atomic mass is 9.94. The fourth-order valence-electron chi connectivity index (χ4n) is 2.23. The van der Waals surface area contributed by atoms with Crippen LogP contribution < -0.4 is 5.32 Å². The standard InChI is InChI=1S/C15H19NO2/c17-15(18)14-8-6-13(7-9-14)11-16-10-12-4-2-1-3-5-12/h1-2,6-9,12,16H,3-5,10-11H2,(H,17,18). The molecule has 0 aliphatic heterocycles. The van der Waals surface area contributed by atoms with Crippen molar-refractivity contribution in [3.63, 3.8) is 0 Å². The van der Waals surface area contributed by atoms with Gasteiger partial charge in [-0.3, -0.25) is 0 Å². The fraction of sp³-hybridized carbons (Fsp3) is 0.400. The number of nitrogens with one attached hydrogen (secondary N) is 1. The van der Waals surface area contributed by atoms with Crippen LogP contribution in [0.5, 0.6) is 0 Å². The van der Waals surface area contributed by atoms with E-state index in [1.54, 1.807) is 12.1 Å². The molecular formula is C15H19NO2. The van der Waals surface area contributed by atoms with Crippen LogP contribution in [-0.2, 0) is 6.54 Å². The second-order valence-corrected chi connectivity index (χ2v) is 4.78. The topological polar surface area (TPSA) is 49.3 Å². The van der Waals surface area contributed by atoms with Crippen molar-refractivity contribution in [3.05, 3.63) is 47.5 Å². The van der Waals surface area contributed by atoms with E-state index in [1.165, 1.54) is 19.3 Å². The van der Waals surface area contributed by atoms with Gasteiger partial charge in [-0.15, -0.1) is 0 Å². The quantitative estimate of drug-likeness (QED) is 0.784. The summed E-state index contributed by atoms with van der Waals surface area (Å²) in [6.45, 7) is 1.84. The zero-order chi connectivity index (χ0) is 12.8. The molecule has 3 heteroatoms. The third-order valence-corrected chi connectivity index (χ3v) is 3.34. The molecule has 1 aromatic carbocycles. The zero-order valence-electron chi connectivity index (χ0n) is 10.4. The monoisotopic (exact) mass is 245 g/mol. The van der Waals surface area contributed by atoms with E-state index >= 15 is 0 Å². The Morgan fingerprint density at radius 1 is 1.28 bits per heavy atom. The molecule has 2 N–H and O–H groups in total. The predicted molar refractivity (Wildman–Crippen MR) is 71.6 cm³/mol. The maximum Gasteiger partial charge on any atom is 0.335 e. The normalized spacial score (nSPS) is 18.8. The molecule has 1 aromatic rings. The molecule has 0 fully saturated rings. The van der Waals surface area contributed by atoms with Crippen molar-refractivity contribution >= 4 is 5.97 Å². The van der Waals surface area contributed by atoms with Crippen LogP contribution in [0.3, 0.4) is 0 Å². The first-order valence-electron chi connectivity index (χ1n) is 6.43. The van der Waals surface area contributed by atoms with Gasteiger partial charge < -0.3 is 10.4 Å². The molecule has 0 amide bonds. The van der Waals surface area contributed by atoms with Crippen LogP contribution in [0, 0.1) is 5.92 Å². The molecule has 0 saturated carbocycles. The lowest BCUT2D eigenvalue weighted by molar-refractivity contribution is 0.0697. The number of carboxylic acids is 1. The van der Waals surface area contributed by atoms with Crippen molar-refractivity contribution < 1.29 is 9.90 Å². The fourth-order valence-corrected chi connectivity index (χ4v) is 2.23. The largest absolute Gasteiger partial charge is 0.478 e. The van der Waals surface area contributed by atoms with Crippen molar-refractivity contribution in [2.75, 3.05) is 6.54 Å². The minimum absolute atomic E-state index is 0.344. The number of carbonyl (C=O) groups is 1. The zero-order valence-corrected chi connectivity index (χ0v) is 10.4. The molecular weight excluding hydrogens is 226 g/mol. The number of carboxylic acid groups (broad SMARTS) is 1. The maximum absolute atomic E-state index is 10.7. The Hall–Kier alpha value is -1.61. The minimum atomic E-state index is -0.872. The van der Waals surface area contributed by atoms with Gasteiger partial charge in [-0.05, 0) is 49.4 Å². The first kappa shape index (κ1) is 12.8. The van der Waals surface area contributed by atoms with Crippen LogP contribution in [0.1, 0.15) is 35.2 Å². The van der Waals surface area contributed by atoms with Crippen LogP contribution in [0.15, 0.2) is 36.4 Å². The molecule has 18 heavy (non-hydrogen) atoms. The van der Waals surface area contributed by atoms with Gasteiger partial charge in [-0.25, -0.2) is 4.79 Å². The van der Waals surface area contributed by atoms with Crippen LogP contribution in [0.2, 0.25) is 0 Å². The van der Waals surface area contributed by atoms with Crippen LogP contribution >= 0.6 is 0 Å². The summed E-state index contributed by atoms with van der Waals surface area (Å²) in [5, 5.41) is 12.2. The van der Waals surface area contributed by atoms with E-state index < -0.39 is 5.97 Å². The van der Waals surface area contributed by atoms with Gasteiger partial charge in [0.05, 0.1) is 5.56 Å². The SMILES string of the molecule is O=C(O)c1ccc(CNCC2CC=CCC2)cc1. The van der Waals surface area contributed by atoms with Crippen LogP contribution in [-0.4, -0.2) is 17.6 Å². The summed E-state index contributed by atoms with van der Waals surface area (Å²) in [6, 6.07) is 7.06. The number of benzene rings is 1. The smallest absolute Gasteiger partial charge is 0.335 e. The van der Waals surface area contributed by atoms with Crippen molar-refractivity contribution in [2.45, 2.75) is 25.8 Å². The van der Waals surface area contributed by atoms with Gasteiger partial charge in [-0.2, -0.15) is 0 Å². The van der Waals surface area contributed by atoms with E-state index in [1.807, 2.05) is 12.1 Å². The summed E-state index contributed by atoms with van der Waals surface area (Å²) >= 11 is 0. The average molecular weight is 245 g/mol. The third kappa shape index (κ3) is 3.70. The van der Waals surface area contributed by atoms with E-state index in [0.29, 0.717) is 5.56 Å². The predicted octanol–water partition coefficient (Wildman–Crippen LogP) is 2.83. The number of aromatic carboxylic acids is 1. The third-order valence-electron chi connectivity index (χ3n) is 3.34. The second-order valence-electron chi connectivity index (χ2n) is 4.78. The highest BCUT2D eigenvalue weighted by molar-refractivity contribution is 5.87. The van der Waals surface area contributed by atoms with Gasteiger partial charge in [0.25, 0.3) is 0 Å². The van der Waals surface area contributed by atoms with E-state index in [4.69, 9.17) is 5.11 Å². The molecule has 0 saturated heterocycles. The molecule has 0 bridgehead atoms. The molecule has 1 aliphatic carbocycles. The second kappa shape index (κ2) is 6.36. The molecule has 0 spiro atoms. The number of hydrogen-bond acceptors (Lipinski definition) is 2. The Morgan fingerprint density at radius 2 is 2.06 bits per heavy atom. The first-order chi connectivity index (χ1) is 8.75. The highest BCUT2D eigenvalue weighted by Gasteiger charge is 2.09. The van der Waals surface area contributed by atoms with Gasteiger partial charge in [0.15, 0.2) is 0 Å². The number of allylic oxidation sites excluding steroid dienone is 2. The maximum atomic E-state index is 10.7. The van der Waals surface area contributed by atoms with Crippen molar-refractivity contribution in [2.24, 2.45) is 5.92 Å². The molecule has 3 nitrogen and oxygen atoms in total. The van der Waals surface area contributed by atoms with Gasteiger partial charge in [-0.1, -0.05) is 24.3 Å². The molecule has 0 heterocycles. The molecule has 0 aromatic heterocycles. The Bertz CT molecular complexity index is 423. The van der Waals surface area contributed by atoms with Gasteiger partial charge >= 0.3 is 5.97 Å². The Balaban J connectivity index is 1.76. The Labute approximate surface area is 108 Å². The summed E-state index contributed by atoms with van der Waals surface area (Å²) < 4.78 is 0. The van der Waals surface area contributed by atoms with E-state index in [0.717, 1.165) is 24.6 Å². The molecule has 1 aliphatic rings. The Morgan fingerprint density at radius 3 is 2.67 bits per heavy atom. The van der Waals surface area contributed by atoms with Gasteiger partial charge in [0.1, 0.15) is 0 Å². The minimum Gasteiger partial charge on any atom is -0.478 e. The van der Waals surface area contributed by atoms with Gasteiger partial charge in [0, 0.05) is 6.54 Å². The van der Waals surface area contributed by atoms with Crippen molar-refractivity contribution in [1.29, 1.82) is 0 Å². The summed E-state index contributed by atoms with van der Waals surface area (Å²) in [5.74, 6) is -0.128. The highest BCUT2D eigenvalue weighted by atomic mass is 16.4. The molecule has 96 valence electrons. The van der Waals surface area contributed by atoms with Crippen molar-refractivity contribution in [3.8, 4) is 0 Å². The summed E-state index contributed by atoms with van der Waals surface area (Å²) in [5.41, 5.74) is 1.47. The lowest BCUT2D eigenvalue weighted by Gasteiger charge is -2.18. The van der Waals surface area contributed by atoms with E-state index in [-0.39, 0.29) is 0 Å². The molecule has 1 unspecified atom stereocenters. The molecule has 2 rings (SSSR count). The molecule has 1 atom stereocenters. The first-order valence-corrected chi connectivity index (χ1v) is 6.43. The van der Waals surface area contributed by atoms with E-state index in [9.17, 15) is 4.79 Å². The van der Waals surface area contributed by atoms with E-state index in [2.05, 4.69) is 17.5 Å². The number of rotatable bonds is 5. The summed E-state index contributed by atoms with van der Waals surface area (Å²) in [4.78, 5) is 10.7. The average Bonchev–Trinajstić information content (AvgIpc) is 2.40. The van der Waals surface area contributed by atoms with Crippen LogP contribution in [0.25, 0.3) is 0 Å². The summed E-state index contributed by atoms with van der Waals surface area (Å²) in [7, 11) is 0. The lowest BCUT2D eigenvalue weighted by Crippen LogP contribution is -2.23. The molecule has 0 radical (unpaired) electrons. The summed E-state index contributed by atoms with van der Waals surface area (Å²) in [6.07, 6.45) is 8.14. The van der Waals surface area contributed by atoms with Crippen molar-refractivity contribution in [1.82, 2.24) is 5.32 Å². The highest BCUT2D eigenvalue weighted by Crippen LogP contribution is 2.17. The van der Waals surface area contributed by atoms with Gasteiger partial charge in [0.2, 0.25) is 0 Å².